The van der Waals surface area contributed by atoms with Crippen LogP contribution in [0.4, 0.5) is 10.1 Å². The fraction of sp³-hybridized carbons (Fsp3) is 0.154. The molecule has 0 atom stereocenters. The molecule has 0 spiro atoms. The monoisotopic (exact) mass is 478 g/mol. The Hall–Kier alpha value is -3.09. The minimum Gasteiger partial charge on any atom is -0.361 e. The van der Waals surface area contributed by atoms with Crippen LogP contribution in [0.5, 0.6) is 0 Å². The maximum atomic E-state index is 13.7. The Morgan fingerprint density at radius 3 is 2.39 bits per heavy atom. The van der Waals surface area contributed by atoms with Crippen molar-refractivity contribution in [3.63, 3.8) is 0 Å². The van der Waals surface area contributed by atoms with Crippen molar-refractivity contribution in [2.45, 2.75) is 24.8 Å². The van der Waals surface area contributed by atoms with E-state index in [0.29, 0.717) is 23.7 Å². The maximum Gasteiger partial charge on any atom is 0.283 e. The van der Waals surface area contributed by atoms with Crippen LogP contribution in [0.3, 0.4) is 0 Å². The first-order valence-electron chi connectivity index (χ1n) is 10.6. The van der Waals surface area contributed by atoms with Crippen molar-refractivity contribution in [2.75, 3.05) is 11.4 Å². The average Bonchev–Trinajstić information content (AvgIpc) is 3.06. The van der Waals surface area contributed by atoms with Gasteiger partial charge in [-0.1, -0.05) is 65.3 Å². The summed E-state index contributed by atoms with van der Waals surface area (Å²) in [6, 6.07) is 19.8. The van der Waals surface area contributed by atoms with Gasteiger partial charge in [-0.05, 0) is 54.8 Å². The molecule has 2 heterocycles. The Bertz CT molecular complexity index is 1310. The van der Waals surface area contributed by atoms with Crippen LogP contribution in [-0.2, 0) is 22.6 Å². The van der Waals surface area contributed by atoms with Crippen LogP contribution >= 0.6 is 23.4 Å². The number of aryl methyl sites for hydroxylation is 1. The molecule has 4 nitrogen and oxygen atoms in total. The van der Waals surface area contributed by atoms with Gasteiger partial charge in [0.1, 0.15) is 16.4 Å². The zero-order valence-electron chi connectivity index (χ0n) is 17.8. The zero-order chi connectivity index (χ0) is 23.1. The lowest BCUT2D eigenvalue weighted by molar-refractivity contribution is -0.121. The Kier molecular flexibility index (Phi) is 5.72. The van der Waals surface area contributed by atoms with Gasteiger partial charge in [-0.25, -0.2) is 9.29 Å². The molecule has 2 amide bonds. The summed E-state index contributed by atoms with van der Waals surface area (Å²) in [7, 11) is 0. The summed E-state index contributed by atoms with van der Waals surface area (Å²) in [5.41, 5.74) is 4.13. The van der Waals surface area contributed by atoms with Crippen LogP contribution < -0.4 is 4.90 Å². The van der Waals surface area contributed by atoms with Gasteiger partial charge in [0.15, 0.2) is 0 Å². The maximum absolute atomic E-state index is 13.7. The number of carbonyl (C=O) groups excluding carboxylic acids is 2. The van der Waals surface area contributed by atoms with E-state index in [1.165, 1.54) is 35.5 Å². The Morgan fingerprint density at radius 1 is 0.939 bits per heavy atom. The van der Waals surface area contributed by atoms with E-state index in [1.54, 1.807) is 0 Å². The molecule has 2 aliphatic rings. The Morgan fingerprint density at radius 2 is 1.67 bits per heavy atom. The highest BCUT2D eigenvalue weighted by Gasteiger charge is 2.43. The molecule has 3 aromatic carbocycles. The molecule has 5 rings (SSSR count). The third-order valence-electron chi connectivity index (χ3n) is 5.87. The molecule has 0 radical (unpaired) electrons. The number of fused-ring (bicyclic) bond motifs is 1. The second kappa shape index (κ2) is 8.69. The molecular formula is C26H20ClFN2O2S. The van der Waals surface area contributed by atoms with Gasteiger partial charge in [-0.3, -0.25) is 9.59 Å². The standard InChI is InChI=1S/C26H20ClFN2O2S/c1-16-6-9-20(10-7-16)33-24-23(29-13-12-17-4-2-3-5-18(17)15-29)25(31)30(26(24)32)19-8-11-22(28)21(27)14-19/h2-11,14H,12-13,15H2,1H3. The molecule has 0 unspecified atom stereocenters. The molecule has 0 N–H and O–H groups in total. The molecule has 0 aliphatic carbocycles. The van der Waals surface area contributed by atoms with Gasteiger partial charge in [-0.2, -0.15) is 0 Å². The number of amides is 2. The fourth-order valence-electron chi connectivity index (χ4n) is 4.14. The minimum absolute atomic E-state index is 0.138. The van der Waals surface area contributed by atoms with Crippen LogP contribution in [-0.4, -0.2) is 23.3 Å². The number of anilines is 1. The normalized spacial score (nSPS) is 16.0. The van der Waals surface area contributed by atoms with Crippen LogP contribution in [0, 0.1) is 12.7 Å². The van der Waals surface area contributed by atoms with Gasteiger partial charge < -0.3 is 4.90 Å². The molecule has 0 aromatic heterocycles. The van der Waals surface area contributed by atoms with Crippen molar-refractivity contribution in [1.82, 2.24) is 4.90 Å². The summed E-state index contributed by atoms with van der Waals surface area (Å²) in [5.74, 6) is -1.45. The number of hydrogen-bond acceptors (Lipinski definition) is 4. The molecule has 33 heavy (non-hydrogen) atoms. The molecule has 3 aromatic rings. The van der Waals surface area contributed by atoms with E-state index >= 15 is 0 Å². The van der Waals surface area contributed by atoms with E-state index in [9.17, 15) is 14.0 Å². The average molecular weight is 479 g/mol. The second-order valence-corrected chi connectivity index (χ2v) is 9.57. The molecule has 0 fully saturated rings. The summed E-state index contributed by atoms with van der Waals surface area (Å²) >= 11 is 7.24. The number of rotatable bonds is 4. The molecular weight excluding hydrogens is 459 g/mol. The van der Waals surface area contributed by atoms with E-state index in [-0.39, 0.29) is 10.7 Å². The number of thioether (sulfide) groups is 1. The lowest BCUT2D eigenvalue weighted by Gasteiger charge is -2.31. The van der Waals surface area contributed by atoms with Crippen molar-refractivity contribution in [2.24, 2.45) is 0 Å². The van der Waals surface area contributed by atoms with Gasteiger partial charge in [0.05, 0.1) is 10.7 Å². The Balaban J connectivity index is 1.56. The van der Waals surface area contributed by atoms with Gasteiger partial charge in [0, 0.05) is 18.0 Å². The highest BCUT2D eigenvalue weighted by molar-refractivity contribution is 8.04. The number of benzene rings is 3. The lowest BCUT2D eigenvalue weighted by Crippen LogP contribution is -2.37. The van der Waals surface area contributed by atoms with Gasteiger partial charge in [-0.15, -0.1) is 0 Å². The summed E-state index contributed by atoms with van der Waals surface area (Å²) in [6.45, 7) is 3.16. The van der Waals surface area contributed by atoms with Crippen molar-refractivity contribution in [3.05, 3.63) is 105 Å². The SMILES string of the molecule is Cc1ccc(SC2=C(N3CCc4ccccc4C3)C(=O)N(c3ccc(F)c(Cl)c3)C2=O)cc1. The Labute approximate surface area is 200 Å². The number of halogens is 2. The third-order valence-corrected chi connectivity index (χ3v) is 7.24. The van der Waals surface area contributed by atoms with Crippen molar-refractivity contribution >= 4 is 40.9 Å². The van der Waals surface area contributed by atoms with Gasteiger partial charge in [0.2, 0.25) is 0 Å². The van der Waals surface area contributed by atoms with E-state index in [1.807, 2.05) is 54.3 Å². The van der Waals surface area contributed by atoms with Crippen LogP contribution in [0.2, 0.25) is 5.02 Å². The number of nitrogens with zero attached hydrogens (tertiary/aromatic N) is 2. The summed E-state index contributed by atoms with van der Waals surface area (Å²) < 4.78 is 13.7. The first-order valence-corrected chi connectivity index (χ1v) is 11.8. The van der Waals surface area contributed by atoms with Crippen LogP contribution in [0.25, 0.3) is 0 Å². The predicted octanol–water partition coefficient (Wildman–Crippen LogP) is 5.72. The van der Waals surface area contributed by atoms with Crippen LogP contribution in [0.15, 0.2) is 82.2 Å². The van der Waals surface area contributed by atoms with Crippen molar-refractivity contribution in [3.8, 4) is 0 Å². The smallest absolute Gasteiger partial charge is 0.283 e. The second-order valence-electron chi connectivity index (χ2n) is 8.08. The molecule has 166 valence electrons. The highest BCUT2D eigenvalue weighted by atomic mass is 35.5. The fourth-order valence-corrected chi connectivity index (χ4v) is 5.31. The van der Waals surface area contributed by atoms with Gasteiger partial charge >= 0.3 is 0 Å². The summed E-state index contributed by atoms with van der Waals surface area (Å²) in [5, 5.41) is -0.138. The minimum atomic E-state index is -0.602. The quantitative estimate of drug-likeness (QED) is 0.449. The predicted molar refractivity (Wildman–Crippen MR) is 129 cm³/mol. The highest BCUT2D eigenvalue weighted by Crippen LogP contribution is 2.40. The van der Waals surface area contributed by atoms with E-state index in [2.05, 4.69) is 6.07 Å². The molecule has 0 saturated carbocycles. The zero-order valence-corrected chi connectivity index (χ0v) is 19.4. The summed E-state index contributed by atoms with van der Waals surface area (Å²) in [4.78, 5) is 31.5. The van der Waals surface area contributed by atoms with E-state index < -0.39 is 17.6 Å². The lowest BCUT2D eigenvalue weighted by atomic mass is 9.99. The van der Waals surface area contributed by atoms with E-state index in [0.717, 1.165) is 27.3 Å². The molecule has 7 heteroatoms. The third kappa shape index (κ3) is 4.05. The largest absolute Gasteiger partial charge is 0.361 e. The molecule has 0 bridgehead atoms. The molecule has 2 aliphatic heterocycles. The van der Waals surface area contributed by atoms with Crippen molar-refractivity contribution < 1.29 is 14.0 Å². The summed E-state index contributed by atoms with van der Waals surface area (Å²) in [6.07, 6.45) is 0.784. The van der Waals surface area contributed by atoms with Crippen LogP contribution in [0.1, 0.15) is 16.7 Å². The van der Waals surface area contributed by atoms with E-state index in [4.69, 9.17) is 11.6 Å². The first kappa shape index (κ1) is 21.7. The molecule has 0 saturated heterocycles. The van der Waals surface area contributed by atoms with Crippen molar-refractivity contribution in [1.29, 1.82) is 0 Å². The van der Waals surface area contributed by atoms with Gasteiger partial charge in [0.25, 0.3) is 11.8 Å². The number of imide groups is 1. The first-order chi connectivity index (χ1) is 15.9. The number of hydrogen-bond donors (Lipinski definition) is 0. The topological polar surface area (TPSA) is 40.6 Å². The number of carbonyl (C=O) groups is 2.